The van der Waals surface area contributed by atoms with E-state index in [9.17, 15) is 0 Å². The number of fused-ring (bicyclic) bond motifs is 1. The lowest BCUT2D eigenvalue weighted by atomic mass is 10.1. The van der Waals surface area contributed by atoms with Gasteiger partial charge in [-0.25, -0.2) is 9.97 Å². The lowest BCUT2D eigenvalue weighted by Gasteiger charge is -2.22. The Morgan fingerprint density at radius 2 is 2.29 bits per heavy atom. The molecule has 1 aliphatic heterocycles. The summed E-state index contributed by atoms with van der Waals surface area (Å²) in [5, 5.41) is 8.16. The highest BCUT2D eigenvalue weighted by atomic mass is 32.1. The number of anilines is 1. The van der Waals surface area contributed by atoms with Crippen molar-refractivity contribution in [3.05, 3.63) is 30.1 Å². The van der Waals surface area contributed by atoms with Crippen LogP contribution in [0.3, 0.4) is 0 Å². The van der Waals surface area contributed by atoms with E-state index >= 15 is 0 Å². The van der Waals surface area contributed by atoms with E-state index in [1.54, 1.807) is 24.6 Å². The Labute approximate surface area is 125 Å². The van der Waals surface area contributed by atoms with Gasteiger partial charge in [-0.05, 0) is 25.0 Å². The smallest absolute Gasteiger partial charge is 0.214 e. The topological polar surface area (TPSA) is 66.9 Å². The molecular formula is C14H15N5OS. The third-order valence-corrected chi connectivity index (χ3v) is 4.81. The minimum Gasteiger partial charge on any atom is -0.481 e. The van der Waals surface area contributed by atoms with Crippen LogP contribution in [-0.4, -0.2) is 33.8 Å². The minimum atomic E-state index is 0.329. The summed E-state index contributed by atoms with van der Waals surface area (Å²) in [4.78, 5) is 12.4. The summed E-state index contributed by atoms with van der Waals surface area (Å²) < 4.78 is 5.18. The number of rotatable bonds is 3. The van der Waals surface area contributed by atoms with Crippen molar-refractivity contribution in [2.45, 2.75) is 18.9 Å². The second-order valence-corrected chi connectivity index (χ2v) is 5.99. The van der Waals surface area contributed by atoms with Crippen LogP contribution in [0.25, 0.3) is 10.3 Å². The van der Waals surface area contributed by atoms with Gasteiger partial charge in [0.1, 0.15) is 10.3 Å². The summed E-state index contributed by atoms with van der Waals surface area (Å²) in [6, 6.07) is 6.18. The van der Waals surface area contributed by atoms with Crippen LogP contribution in [0.4, 0.5) is 5.13 Å². The molecule has 21 heavy (non-hydrogen) atoms. The average Bonchev–Trinajstić information content (AvgIpc) is 3.23. The van der Waals surface area contributed by atoms with Crippen molar-refractivity contribution in [1.29, 1.82) is 0 Å². The molecule has 4 rings (SSSR count). The van der Waals surface area contributed by atoms with E-state index in [-0.39, 0.29) is 0 Å². The Morgan fingerprint density at radius 1 is 1.33 bits per heavy atom. The van der Waals surface area contributed by atoms with Crippen molar-refractivity contribution in [2.75, 3.05) is 18.6 Å². The average molecular weight is 301 g/mol. The van der Waals surface area contributed by atoms with Gasteiger partial charge >= 0.3 is 0 Å². The molecule has 6 nitrogen and oxygen atoms in total. The van der Waals surface area contributed by atoms with Crippen LogP contribution in [0.1, 0.15) is 24.6 Å². The molecule has 108 valence electrons. The van der Waals surface area contributed by atoms with E-state index in [4.69, 9.17) is 9.72 Å². The number of aromatic amines is 1. The largest absolute Gasteiger partial charge is 0.481 e. The van der Waals surface area contributed by atoms with Crippen molar-refractivity contribution in [3.63, 3.8) is 0 Å². The lowest BCUT2D eigenvalue weighted by Crippen LogP contribution is -2.22. The normalized spacial score (nSPS) is 18.5. The Bertz CT molecular complexity index is 754. The predicted molar refractivity (Wildman–Crippen MR) is 81.9 cm³/mol. The van der Waals surface area contributed by atoms with Gasteiger partial charge in [0, 0.05) is 18.8 Å². The molecule has 0 aromatic carbocycles. The highest BCUT2D eigenvalue weighted by Crippen LogP contribution is 2.38. The molecule has 0 saturated carbocycles. The molecule has 0 aliphatic carbocycles. The highest BCUT2D eigenvalue weighted by molar-refractivity contribution is 7.21. The van der Waals surface area contributed by atoms with Crippen LogP contribution in [0, 0.1) is 0 Å². The molecule has 0 amide bonds. The number of pyridine rings is 1. The molecule has 1 saturated heterocycles. The van der Waals surface area contributed by atoms with Crippen LogP contribution in [-0.2, 0) is 0 Å². The van der Waals surface area contributed by atoms with Gasteiger partial charge in [0.15, 0.2) is 5.13 Å². The third-order valence-electron chi connectivity index (χ3n) is 3.81. The highest BCUT2D eigenvalue weighted by Gasteiger charge is 2.29. The summed E-state index contributed by atoms with van der Waals surface area (Å²) in [6.45, 7) is 1.01. The quantitative estimate of drug-likeness (QED) is 0.805. The summed E-state index contributed by atoms with van der Waals surface area (Å²) in [5.74, 6) is 0.629. The van der Waals surface area contributed by atoms with Crippen molar-refractivity contribution >= 4 is 26.8 Å². The van der Waals surface area contributed by atoms with E-state index < -0.39 is 0 Å². The van der Waals surface area contributed by atoms with Gasteiger partial charge in [-0.15, -0.1) is 0 Å². The first-order valence-corrected chi connectivity index (χ1v) is 7.74. The van der Waals surface area contributed by atoms with Crippen molar-refractivity contribution in [2.24, 2.45) is 0 Å². The molecule has 4 heterocycles. The Morgan fingerprint density at radius 3 is 3.10 bits per heavy atom. The molecule has 3 aromatic heterocycles. The zero-order valence-corrected chi connectivity index (χ0v) is 12.4. The number of nitrogens with one attached hydrogen (secondary N) is 1. The number of hydrogen-bond acceptors (Lipinski definition) is 6. The Balaban J connectivity index is 1.72. The molecule has 0 spiro atoms. The van der Waals surface area contributed by atoms with Crippen LogP contribution in [0.15, 0.2) is 24.4 Å². The molecule has 1 atom stereocenters. The van der Waals surface area contributed by atoms with Crippen molar-refractivity contribution in [1.82, 2.24) is 20.2 Å². The van der Waals surface area contributed by atoms with Gasteiger partial charge in [0.2, 0.25) is 5.88 Å². The van der Waals surface area contributed by atoms with E-state index in [0.717, 1.165) is 40.6 Å². The summed E-state index contributed by atoms with van der Waals surface area (Å²) >= 11 is 1.61. The molecule has 0 unspecified atom stereocenters. The molecule has 1 aliphatic rings. The van der Waals surface area contributed by atoms with E-state index in [1.165, 1.54) is 0 Å². The second kappa shape index (κ2) is 5.00. The molecule has 7 heteroatoms. The van der Waals surface area contributed by atoms with Crippen LogP contribution < -0.4 is 9.64 Å². The fourth-order valence-corrected chi connectivity index (χ4v) is 3.80. The first kappa shape index (κ1) is 12.6. The standard InChI is InChI=1S/C14H15N5OS/c1-20-12-5-4-10-13(17-12)21-14(16-10)19-8-2-3-11(19)9-6-7-15-18-9/h4-7,11H,2-3,8H2,1H3,(H,15,18)/t11-/m0/s1. The van der Waals surface area contributed by atoms with Gasteiger partial charge in [-0.3, -0.25) is 5.10 Å². The van der Waals surface area contributed by atoms with E-state index in [0.29, 0.717) is 11.9 Å². The summed E-state index contributed by atoms with van der Waals surface area (Å²) in [7, 11) is 1.63. The number of aromatic nitrogens is 4. The second-order valence-electron chi connectivity index (χ2n) is 5.04. The van der Waals surface area contributed by atoms with Crippen LogP contribution in [0.2, 0.25) is 0 Å². The first-order chi connectivity index (χ1) is 10.3. The maximum atomic E-state index is 5.18. The molecule has 0 radical (unpaired) electrons. The molecular weight excluding hydrogens is 286 g/mol. The van der Waals surface area contributed by atoms with Gasteiger partial charge in [0.05, 0.1) is 18.8 Å². The lowest BCUT2D eigenvalue weighted by molar-refractivity contribution is 0.400. The maximum absolute atomic E-state index is 5.18. The molecule has 1 N–H and O–H groups in total. The molecule has 0 bridgehead atoms. The minimum absolute atomic E-state index is 0.329. The fraction of sp³-hybridized carbons (Fsp3) is 0.357. The van der Waals surface area contributed by atoms with Crippen LogP contribution >= 0.6 is 11.3 Å². The van der Waals surface area contributed by atoms with Gasteiger partial charge in [0.25, 0.3) is 0 Å². The monoisotopic (exact) mass is 301 g/mol. The number of nitrogens with zero attached hydrogens (tertiary/aromatic N) is 4. The van der Waals surface area contributed by atoms with Gasteiger partial charge in [-0.1, -0.05) is 11.3 Å². The Hall–Kier alpha value is -2.15. The SMILES string of the molecule is COc1ccc2nc(N3CCC[C@H]3c3ccn[nH]3)sc2n1. The first-order valence-electron chi connectivity index (χ1n) is 6.92. The van der Waals surface area contributed by atoms with Gasteiger partial charge < -0.3 is 9.64 Å². The zero-order chi connectivity index (χ0) is 14.2. The van der Waals surface area contributed by atoms with E-state index in [1.807, 2.05) is 18.2 Å². The summed E-state index contributed by atoms with van der Waals surface area (Å²) in [5.41, 5.74) is 2.07. The summed E-state index contributed by atoms with van der Waals surface area (Å²) in [6.07, 6.45) is 4.09. The van der Waals surface area contributed by atoms with Gasteiger partial charge in [-0.2, -0.15) is 5.10 Å². The molecule has 3 aromatic rings. The van der Waals surface area contributed by atoms with Crippen molar-refractivity contribution < 1.29 is 4.74 Å². The fourth-order valence-electron chi connectivity index (χ4n) is 2.80. The number of hydrogen-bond donors (Lipinski definition) is 1. The Kier molecular flexibility index (Phi) is 2.99. The maximum Gasteiger partial charge on any atom is 0.214 e. The zero-order valence-electron chi connectivity index (χ0n) is 11.6. The predicted octanol–water partition coefficient (Wildman–Crippen LogP) is 2.76. The number of ether oxygens (including phenoxy) is 1. The third kappa shape index (κ3) is 2.13. The molecule has 1 fully saturated rings. The number of thiazole rings is 1. The number of H-pyrrole nitrogens is 1. The van der Waals surface area contributed by atoms with Crippen molar-refractivity contribution in [3.8, 4) is 5.88 Å². The number of methoxy groups -OCH3 is 1. The van der Waals surface area contributed by atoms with E-state index in [2.05, 4.69) is 20.1 Å². The van der Waals surface area contributed by atoms with Crippen LogP contribution in [0.5, 0.6) is 5.88 Å².